The van der Waals surface area contributed by atoms with E-state index in [4.69, 9.17) is 15.8 Å². The molecule has 0 spiro atoms. The highest BCUT2D eigenvalue weighted by molar-refractivity contribution is 7.88. The Bertz CT molecular complexity index is 2580. The number of carbonyl (C=O) groups is 4. The van der Waals surface area contributed by atoms with Crippen LogP contribution in [0.25, 0.3) is 0 Å². The maximum absolute atomic E-state index is 14.1. The number of halogens is 1. The number of aliphatic hydroxyl groups excluding tert-OH is 1. The quantitative estimate of drug-likeness (QED) is 0.118. The van der Waals surface area contributed by atoms with E-state index in [1.165, 1.54) is 24.5 Å². The average molecular weight is 1100 g/mol. The van der Waals surface area contributed by atoms with Crippen LogP contribution in [0.1, 0.15) is 175 Å². The Balaban J connectivity index is 0.000000291. The summed E-state index contributed by atoms with van der Waals surface area (Å²) in [5.41, 5.74) is 3.09. The SMILES string of the molecule is CC1=CC[C@@H](C(=O)N(c2cc(C#CC(C)(C)C)sc2C(=O)O)C2CCC(O)CC2)[C@H](C)C1.CC1=CC[C@@H](C(=O)N(c2cc(C#CC(C)(C)C)sc2C(=O)O)C2CCC(OP(C)(C)=O)CC2)[C@H](C)C1.CP(C)(=O)Cl. The summed E-state index contributed by atoms with van der Waals surface area (Å²) in [4.78, 5) is 57.6. The van der Waals surface area contributed by atoms with E-state index in [1.807, 2.05) is 41.5 Å². The Morgan fingerprint density at radius 3 is 1.30 bits per heavy atom. The molecule has 0 aliphatic heterocycles. The zero-order valence-corrected chi connectivity index (χ0v) is 49.8. The van der Waals surface area contributed by atoms with Crippen LogP contribution < -0.4 is 9.80 Å². The molecule has 17 heteroatoms. The fourth-order valence-electron chi connectivity index (χ4n) is 9.76. The smallest absolute Gasteiger partial charge is 0.348 e. The highest BCUT2D eigenvalue weighted by atomic mass is 35.7. The summed E-state index contributed by atoms with van der Waals surface area (Å²) in [7, 11) is -2.61. The molecular weight excluding hydrogens is 1020 g/mol. The molecule has 2 aromatic heterocycles. The average Bonchev–Trinajstić information content (AvgIpc) is 3.87. The van der Waals surface area contributed by atoms with E-state index in [2.05, 4.69) is 63.5 Å². The molecule has 6 rings (SSSR count). The van der Waals surface area contributed by atoms with Crippen molar-refractivity contribution in [3.8, 4) is 23.7 Å². The zero-order valence-electron chi connectivity index (χ0n) is 45.6. The molecule has 2 saturated carbocycles. The molecule has 4 aliphatic carbocycles. The fourth-order valence-corrected chi connectivity index (χ4v) is 12.4. The lowest BCUT2D eigenvalue weighted by Gasteiger charge is -2.40. The van der Waals surface area contributed by atoms with Crippen molar-refractivity contribution in [2.24, 2.45) is 34.5 Å². The van der Waals surface area contributed by atoms with Crippen LogP contribution in [0.15, 0.2) is 35.4 Å². The molecule has 4 aliphatic rings. The topological polar surface area (TPSA) is 179 Å². The number of hydrogen-bond acceptors (Lipinski definition) is 10. The molecule has 0 aromatic carbocycles. The maximum Gasteiger partial charge on any atom is 0.348 e. The third kappa shape index (κ3) is 19.9. The molecule has 3 N–H and O–H groups in total. The number of amides is 2. The van der Waals surface area contributed by atoms with Crippen LogP contribution in [0.3, 0.4) is 0 Å². The van der Waals surface area contributed by atoms with Crippen molar-refractivity contribution in [1.82, 2.24) is 0 Å². The summed E-state index contributed by atoms with van der Waals surface area (Å²) >= 11 is 7.36. The number of thiophene rings is 2. The molecule has 73 heavy (non-hydrogen) atoms. The number of carboxylic acids is 2. The summed E-state index contributed by atoms with van der Waals surface area (Å²) in [5, 5.41) is 30.0. The third-order valence-corrected chi connectivity index (χ3v) is 16.0. The van der Waals surface area contributed by atoms with Crippen molar-refractivity contribution < 1.29 is 48.2 Å². The van der Waals surface area contributed by atoms with Crippen molar-refractivity contribution >= 4 is 82.9 Å². The van der Waals surface area contributed by atoms with Crippen molar-refractivity contribution in [1.29, 1.82) is 0 Å². The first kappa shape index (κ1) is 62.1. The first-order valence-electron chi connectivity index (χ1n) is 25.5. The van der Waals surface area contributed by atoms with Crippen LogP contribution in [-0.4, -0.2) is 90.0 Å². The van der Waals surface area contributed by atoms with Crippen LogP contribution in [0, 0.1) is 58.2 Å². The number of carboxylic acid groups (broad SMARTS) is 2. The molecule has 2 aromatic rings. The van der Waals surface area contributed by atoms with E-state index in [-0.39, 0.29) is 80.4 Å². The van der Waals surface area contributed by atoms with E-state index in [1.54, 1.807) is 35.3 Å². The van der Waals surface area contributed by atoms with Gasteiger partial charge in [-0.2, -0.15) is 0 Å². The van der Waals surface area contributed by atoms with E-state index in [0.717, 1.165) is 35.5 Å². The predicted octanol–water partition coefficient (Wildman–Crippen LogP) is 14.3. The minimum atomic E-state index is -2.61. The molecule has 12 nitrogen and oxygen atoms in total. The van der Waals surface area contributed by atoms with Gasteiger partial charge in [0.25, 0.3) is 0 Å². The number of aliphatic hydroxyl groups is 1. The maximum atomic E-state index is 14.1. The van der Waals surface area contributed by atoms with Crippen LogP contribution in [0.4, 0.5) is 11.4 Å². The van der Waals surface area contributed by atoms with Gasteiger partial charge in [0, 0.05) is 61.4 Å². The van der Waals surface area contributed by atoms with Crippen LogP contribution >= 0.6 is 47.8 Å². The molecule has 0 saturated heterocycles. The number of rotatable bonds is 10. The Hall–Kier alpha value is -3.45. The van der Waals surface area contributed by atoms with Crippen molar-refractivity contribution in [2.75, 3.05) is 36.5 Å². The van der Waals surface area contributed by atoms with Gasteiger partial charge >= 0.3 is 11.9 Å². The van der Waals surface area contributed by atoms with Gasteiger partial charge in [-0.1, -0.05) is 72.1 Å². The Labute approximate surface area is 448 Å². The molecule has 2 fully saturated rings. The zero-order chi connectivity index (χ0) is 55.0. The van der Waals surface area contributed by atoms with E-state index < -0.39 is 25.8 Å². The van der Waals surface area contributed by atoms with Crippen LogP contribution in [-0.2, 0) is 23.2 Å². The highest BCUT2D eigenvalue weighted by Crippen LogP contribution is 2.45. The number of anilines is 2. The van der Waals surface area contributed by atoms with Gasteiger partial charge < -0.3 is 34.2 Å². The van der Waals surface area contributed by atoms with Crippen molar-refractivity contribution in [2.45, 2.75) is 171 Å². The molecule has 2 heterocycles. The third-order valence-electron chi connectivity index (χ3n) is 13.1. The second-order valence-corrected chi connectivity index (χ2v) is 33.0. The first-order valence-corrected chi connectivity index (χ1v) is 33.2. The summed E-state index contributed by atoms with van der Waals surface area (Å²) < 4.78 is 27.9. The molecule has 0 radical (unpaired) electrons. The number of allylic oxidation sites excluding steroid dienone is 4. The second kappa shape index (κ2) is 26.1. The molecule has 404 valence electrons. The lowest BCUT2D eigenvalue weighted by molar-refractivity contribution is -0.125. The predicted molar refractivity (Wildman–Crippen MR) is 302 cm³/mol. The molecular formula is C56H81ClN2O10P2S2. The van der Waals surface area contributed by atoms with Gasteiger partial charge in [0.05, 0.1) is 33.3 Å². The molecule has 0 bridgehead atoms. The standard InChI is InChI=1S/C28H40NO5PS.C26H35NO4S.C2H6ClOP/c1-18-8-13-23(19(2)16-18)26(30)29(20-9-11-21(12-10-20)34-35(6,7)33)24-17-22(14-15-28(3,4)5)36-25(24)27(31)32;1-16-6-11-21(17(2)14-16)24(29)27(18-7-9-19(28)10-8-18)22-15-20(12-13-26(3,4)5)32-23(22)25(30)31;1-5(2,3)4/h8,17,19-21,23H,9-13,16H2,1-7H3,(H,31,32);6,15,17-19,21,28H,7-11,14H2,1-5H3,(H,30,31);1-2H3/t19-,20?,21?,23-;17-,18?,19?,21-;/m11./s1. The summed E-state index contributed by atoms with van der Waals surface area (Å²) in [6.45, 7) is 24.6. The Kier molecular flexibility index (Phi) is 22.2. The lowest BCUT2D eigenvalue weighted by atomic mass is 9.79. The summed E-state index contributed by atoms with van der Waals surface area (Å²) in [6.07, 6.45) is 12.2. The molecule has 4 atom stereocenters. The van der Waals surface area contributed by atoms with Gasteiger partial charge in [-0.15, -0.1) is 22.7 Å². The number of hydrogen-bond donors (Lipinski definition) is 3. The Morgan fingerprint density at radius 2 is 1.00 bits per heavy atom. The van der Waals surface area contributed by atoms with Crippen LogP contribution in [0.5, 0.6) is 0 Å². The van der Waals surface area contributed by atoms with E-state index >= 15 is 0 Å². The first-order chi connectivity index (χ1) is 33.6. The minimum absolute atomic E-state index is 0.00160. The Morgan fingerprint density at radius 1 is 0.658 bits per heavy atom. The highest BCUT2D eigenvalue weighted by Gasteiger charge is 2.41. The number of aromatic carboxylic acids is 2. The molecule has 0 unspecified atom stereocenters. The van der Waals surface area contributed by atoms with Gasteiger partial charge in [-0.05, 0) is 156 Å². The lowest BCUT2D eigenvalue weighted by Crippen LogP contribution is -2.48. The largest absolute Gasteiger partial charge is 0.477 e. The van der Waals surface area contributed by atoms with Crippen molar-refractivity contribution in [3.05, 3.63) is 54.9 Å². The molecule has 2 amide bonds. The van der Waals surface area contributed by atoms with E-state index in [9.17, 15) is 43.6 Å². The van der Waals surface area contributed by atoms with Gasteiger partial charge in [-0.25, -0.2) is 9.59 Å². The number of nitrogens with zero attached hydrogens (tertiary/aromatic N) is 2. The van der Waals surface area contributed by atoms with Crippen molar-refractivity contribution in [3.63, 3.8) is 0 Å². The van der Waals surface area contributed by atoms with Gasteiger partial charge in [-0.3, -0.25) is 14.2 Å². The van der Waals surface area contributed by atoms with Gasteiger partial charge in [0.1, 0.15) is 9.75 Å². The van der Waals surface area contributed by atoms with Gasteiger partial charge in [0.15, 0.2) is 13.9 Å². The summed E-state index contributed by atoms with van der Waals surface area (Å²) in [6, 6.07) is 3.32. The van der Waals surface area contributed by atoms with E-state index in [0.29, 0.717) is 85.3 Å². The normalized spacial score (nSPS) is 24.5. The van der Waals surface area contributed by atoms with Crippen LogP contribution in [0.2, 0.25) is 0 Å². The number of carbonyl (C=O) groups excluding carboxylic acids is 2. The fraction of sp³-hybridized carbons (Fsp3) is 0.643. The second-order valence-electron chi connectivity index (χ2n) is 23.3. The minimum Gasteiger partial charge on any atom is -0.477 e. The summed E-state index contributed by atoms with van der Waals surface area (Å²) in [5.74, 6) is 10.5. The van der Waals surface area contributed by atoms with Gasteiger partial charge in [0.2, 0.25) is 11.8 Å². The monoisotopic (exact) mass is 1100 g/mol.